The molecule has 0 aromatic heterocycles. The van der Waals surface area contributed by atoms with Gasteiger partial charge in [0.2, 0.25) is 0 Å². The van der Waals surface area contributed by atoms with Crippen LogP contribution in [0.4, 0.5) is 0 Å². The van der Waals surface area contributed by atoms with E-state index >= 15 is 0 Å². The van der Waals surface area contributed by atoms with Gasteiger partial charge in [-0.2, -0.15) is 8.42 Å². The molecule has 82 valence electrons. The van der Waals surface area contributed by atoms with Gasteiger partial charge in [-0.05, 0) is 6.92 Å². The van der Waals surface area contributed by atoms with Gasteiger partial charge in [-0.15, -0.1) is 0 Å². The second kappa shape index (κ2) is 5.74. The van der Waals surface area contributed by atoms with Crippen molar-refractivity contribution in [3.05, 3.63) is 12.2 Å². The van der Waals surface area contributed by atoms with Crippen LogP contribution in [-0.4, -0.2) is 37.9 Å². The molecular weight excluding hydrogens is 210 g/mol. The largest absolute Gasteiger partial charge is 0.391 e. The Morgan fingerprint density at radius 3 is 2.64 bits per heavy atom. The monoisotopic (exact) mass is 223 g/mol. The molecule has 0 fully saturated rings. The van der Waals surface area contributed by atoms with Crippen molar-refractivity contribution in [2.24, 2.45) is 5.73 Å². The van der Waals surface area contributed by atoms with Crippen molar-refractivity contribution >= 4 is 16.1 Å². The average Bonchev–Trinajstić information content (AvgIpc) is 2.02. The van der Waals surface area contributed by atoms with Crippen LogP contribution >= 0.6 is 0 Å². The van der Waals surface area contributed by atoms with Crippen LogP contribution < -0.4 is 5.73 Å². The van der Waals surface area contributed by atoms with E-state index in [0.717, 1.165) is 6.08 Å². The first-order valence-electron chi connectivity index (χ1n) is 3.88. The molecule has 0 radical (unpaired) electrons. The fraction of sp³-hybridized carbons (Fsp3) is 0.571. The summed E-state index contributed by atoms with van der Waals surface area (Å²) in [5, 5.41) is 8.92. The lowest BCUT2D eigenvalue weighted by molar-refractivity contribution is -0.128. The zero-order chi connectivity index (χ0) is 11.2. The lowest BCUT2D eigenvalue weighted by atomic mass is 10.4. The van der Waals surface area contributed by atoms with Crippen LogP contribution in [0.25, 0.3) is 0 Å². The first-order chi connectivity index (χ1) is 6.41. The zero-order valence-corrected chi connectivity index (χ0v) is 8.53. The topological polar surface area (TPSA) is 107 Å². The highest BCUT2D eigenvalue weighted by molar-refractivity contribution is 7.87. The maximum Gasteiger partial charge on any atom is 0.346 e. The number of aliphatic hydroxyl groups is 1. The molecule has 0 aliphatic rings. The standard InChI is InChI=1S/C7H13NO5S/c1-2-3-7(10)13-14(11,12)5-6(9)4-8/h2-3,6,9H,4-5,8H2,1H3. The number of aliphatic hydroxyl groups excluding tert-OH is 1. The Hall–Kier alpha value is -0.920. The maximum absolute atomic E-state index is 11.0. The molecule has 0 aromatic rings. The summed E-state index contributed by atoms with van der Waals surface area (Å²) in [5.74, 6) is -1.68. The van der Waals surface area contributed by atoms with Crippen molar-refractivity contribution in [3.63, 3.8) is 0 Å². The normalized spacial score (nSPS) is 14.2. The van der Waals surface area contributed by atoms with E-state index in [0.29, 0.717) is 0 Å². The van der Waals surface area contributed by atoms with Gasteiger partial charge in [-0.1, -0.05) is 6.08 Å². The Balaban J connectivity index is 4.28. The number of rotatable bonds is 5. The summed E-state index contributed by atoms with van der Waals surface area (Å²) in [7, 11) is -4.05. The highest BCUT2D eigenvalue weighted by Gasteiger charge is 2.19. The minimum Gasteiger partial charge on any atom is -0.391 e. The van der Waals surface area contributed by atoms with Crippen LogP contribution in [-0.2, 0) is 19.1 Å². The molecule has 0 heterocycles. The molecule has 0 bridgehead atoms. The predicted molar refractivity (Wildman–Crippen MR) is 49.8 cm³/mol. The molecule has 7 heteroatoms. The molecule has 14 heavy (non-hydrogen) atoms. The van der Waals surface area contributed by atoms with Crippen molar-refractivity contribution in [2.75, 3.05) is 12.3 Å². The van der Waals surface area contributed by atoms with Crippen LogP contribution in [0.15, 0.2) is 12.2 Å². The molecule has 0 rings (SSSR count). The Morgan fingerprint density at radius 2 is 2.21 bits per heavy atom. The van der Waals surface area contributed by atoms with E-state index < -0.39 is 27.9 Å². The lowest BCUT2D eigenvalue weighted by Gasteiger charge is -2.07. The third kappa shape index (κ3) is 5.68. The second-order valence-corrected chi connectivity index (χ2v) is 4.13. The molecule has 0 aromatic carbocycles. The molecule has 6 nitrogen and oxygen atoms in total. The zero-order valence-electron chi connectivity index (χ0n) is 7.71. The number of hydrogen-bond donors (Lipinski definition) is 2. The molecule has 0 saturated carbocycles. The van der Waals surface area contributed by atoms with E-state index in [2.05, 4.69) is 4.18 Å². The summed E-state index contributed by atoms with van der Waals surface area (Å²) in [4.78, 5) is 10.7. The number of nitrogens with two attached hydrogens (primary N) is 1. The Bertz CT molecular complexity index is 308. The molecule has 0 amide bonds. The predicted octanol–water partition coefficient (Wildman–Crippen LogP) is -1.24. The number of carbonyl (C=O) groups excluding carboxylic acids is 1. The summed E-state index contributed by atoms with van der Waals surface area (Å²) in [6.07, 6.45) is 1.09. The van der Waals surface area contributed by atoms with Crippen molar-refractivity contribution in [1.82, 2.24) is 0 Å². The Labute approximate surface area is 82.5 Å². The van der Waals surface area contributed by atoms with E-state index in [4.69, 9.17) is 10.8 Å². The van der Waals surface area contributed by atoms with Crippen molar-refractivity contribution in [2.45, 2.75) is 13.0 Å². The van der Waals surface area contributed by atoms with Gasteiger partial charge in [0.05, 0.1) is 6.10 Å². The van der Waals surface area contributed by atoms with E-state index in [1.54, 1.807) is 6.92 Å². The molecule has 1 atom stereocenters. The minimum absolute atomic E-state index is 0.208. The van der Waals surface area contributed by atoms with Crippen LogP contribution in [0.5, 0.6) is 0 Å². The number of allylic oxidation sites excluding steroid dienone is 1. The van der Waals surface area contributed by atoms with E-state index in [1.165, 1.54) is 6.08 Å². The van der Waals surface area contributed by atoms with E-state index in [-0.39, 0.29) is 6.54 Å². The fourth-order valence-corrected chi connectivity index (χ4v) is 1.61. The SMILES string of the molecule is CC=CC(=O)OS(=O)(=O)CC(O)CN. The highest BCUT2D eigenvalue weighted by atomic mass is 32.2. The van der Waals surface area contributed by atoms with Gasteiger partial charge in [-0.25, -0.2) is 4.79 Å². The molecule has 1 unspecified atom stereocenters. The van der Waals surface area contributed by atoms with Crippen LogP contribution in [0.1, 0.15) is 6.92 Å². The van der Waals surface area contributed by atoms with Gasteiger partial charge in [0.25, 0.3) is 0 Å². The highest BCUT2D eigenvalue weighted by Crippen LogP contribution is 1.98. The van der Waals surface area contributed by atoms with Gasteiger partial charge in [0.1, 0.15) is 5.75 Å². The average molecular weight is 223 g/mol. The number of carbonyl (C=O) groups is 1. The van der Waals surface area contributed by atoms with Gasteiger partial charge >= 0.3 is 16.1 Å². The summed E-state index contributed by atoms with van der Waals surface area (Å²) in [6.45, 7) is 1.34. The van der Waals surface area contributed by atoms with Crippen LogP contribution in [0.3, 0.4) is 0 Å². The van der Waals surface area contributed by atoms with E-state index in [9.17, 15) is 13.2 Å². The second-order valence-electron chi connectivity index (χ2n) is 2.52. The minimum atomic E-state index is -4.05. The third-order valence-corrected chi connectivity index (χ3v) is 2.39. The third-order valence-electron chi connectivity index (χ3n) is 1.18. The van der Waals surface area contributed by atoms with E-state index in [1.807, 2.05) is 0 Å². The smallest absolute Gasteiger partial charge is 0.346 e. The summed E-state index contributed by atoms with van der Waals surface area (Å²) >= 11 is 0. The molecule has 0 aliphatic heterocycles. The summed E-state index contributed by atoms with van der Waals surface area (Å²) in [5.41, 5.74) is 5.00. The molecule has 3 N–H and O–H groups in total. The van der Waals surface area contributed by atoms with Crippen LogP contribution in [0.2, 0.25) is 0 Å². The molecular formula is C7H13NO5S. The molecule has 0 aliphatic carbocycles. The molecule has 0 saturated heterocycles. The first-order valence-corrected chi connectivity index (χ1v) is 5.46. The Morgan fingerprint density at radius 1 is 1.64 bits per heavy atom. The number of hydrogen-bond acceptors (Lipinski definition) is 6. The van der Waals surface area contributed by atoms with Crippen molar-refractivity contribution in [3.8, 4) is 0 Å². The maximum atomic E-state index is 11.0. The fourth-order valence-electron chi connectivity index (χ4n) is 0.627. The van der Waals surface area contributed by atoms with Gasteiger partial charge in [0, 0.05) is 12.6 Å². The van der Waals surface area contributed by atoms with Crippen molar-refractivity contribution < 1.29 is 22.5 Å². The van der Waals surface area contributed by atoms with Gasteiger partial charge < -0.3 is 15.0 Å². The summed E-state index contributed by atoms with van der Waals surface area (Å²) in [6, 6.07) is 0. The quantitative estimate of drug-likeness (QED) is 0.445. The molecule has 0 spiro atoms. The Kier molecular flexibility index (Phi) is 5.36. The first kappa shape index (κ1) is 13.1. The van der Waals surface area contributed by atoms with Gasteiger partial charge in [-0.3, -0.25) is 0 Å². The van der Waals surface area contributed by atoms with Crippen LogP contribution in [0, 0.1) is 0 Å². The van der Waals surface area contributed by atoms with Gasteiger partial charge in [0.15, 0.2) is 0 Å². The lowest BCUT2D eigenvalue weighted by Crippen LogP contribution is -2.30. The summed E-state index contributed by atoms with van der Waals surface area (Å²) < 4.78 is 26.1. The van der Waals surface area contributed by atoms with Crippen molar-refractivity contribution in [1.29, 1.82) is 0 Å².